The minimum absolute atomic E-state index is 1.06. The van der Waals surface area contributed by atoms with Crippen molar-refractivity contribution in [3.05, 3.63) is 158 Å². The molecule has 1 heteroatoms. The smallest absolute Gasteiger partial charge is 0.0464 e. The highest BCUT2D eigenvalue weighted by molar-refractivity contribution is 6.04. The van der Waals surface area contributed by atoms with Crippen LogP contribution >= 0.6 is 0 Å². The Hall–Kier alpha value is -5.14. The monoisotopic (exact) mass is 497 g/mol. The molecule has 1 nitrogen and oxygen atoms in total. The van der Waals surface area contributed by atoms with Gasteiger partial charge in [0, 0.05) is 16.9 Å². The summed E-state index contributed by atoms with van der Waals surface area (Å²) in [5, 5.41) is 8.76. The lowest BCUT2D eigenvalue weighted by Crippen LogP contribution is -1.95. The fourth-order valence-corrected chi connectivity index (χ4v) is 5.64. The van der Waals surface area contributed by atoms with Crippen LogP contribution in [0.25, 0.3) is 54.9 Å². The van der Waals surface area contributed by atoms with Gasteiger partial charge in [0.1, 0.15) is 0 Å². The Morgan fingerprint density at radius 1 is 0.359 bits per heavy atom. The fourth-order valence-electron chi connectivity index (χ4n) is 5.64. The summed E-state index contributed by atoms with van der Waals surface area (Å²) < 4.78 is 0. The van der Waals surface area contributed by atoms with Gasteiger partial charge in [-0.05, 0) is 67.6 Å². The van der Waals surface area contributed by atoms with E-state index < -0.39 is 0 Å². The molecule has 0 amide bonds. The van der Waals surface area contributed by atoms with E-state index in [0.717, 1.165) is 11.4 Å². The van der Waals surface area contributed by atoms with Gasteiger partial charge in [-0.1, -0.05) is 140 Å². The number of rotatable bonds is 5. The number of anilines is 2. The molecule has 0 bridgehead atoms. The molecule has 0 saturated heterocycles. The summed E-state index contributed by atoms with van der Waals surface area (Å²) >= 11 is 0. The Labute approximate surface area is 229 Å². The minimum atomic E-state index is 1.06. The van der Waals surface area contributed by atoms with Crippen LogP contribution in [0, 0.1) is 0 Å². The van der Waals surface area contributed by atoms with Crippen molar-refractivity contribution in [2.75, 3.05) is 5.32 Å². The third-order valence-corrected chi connectivity index (χ3v) is 7.45. The van der Waals surface area contributed by atoms with E-state index in [1.54, 1.807) is 0 Å². The molecule has 1 N–H and O–H groups in total. The van der Waals surface area contributed by atoms with Crippen LogP contribution in [0.4, 0.5) is 11.4 Å². The number of para-hydroxylation sites is 1. The van der Waals surface area contributed by atoms with E-state index in [-0.39, 0.29) is 0 Å². The highest BCUT2D eigenvalue weighted by Crippen LogP contribution is 2.40. The van der Waals surface area contributed by atoms with Crippen molar-refractivity contribution in [1.29, 1.82) is 0 Å². The maximum absolute atomic E-state index is 3.74. The molecule has 0 spiro atoms. The molecule has 0 saturated carbocycles. The van der Waals surface area contributed by atoms with Crippen molar-refractivity contribution in [2.24, 2.45) is 0 Å². The largest absolute Gasteiger partial charge is 0.355 e. The number of hydrogen-bond acceptors (Lipinski definition) is 1. The first-order chi connectivity index (χ1) is 19.3. The highest BCUT2D eigenvalue weighted by atomic mass is 14.9. The lowest BCUT2D eigenvalue weighted by atomic mass is 9.89. The van der Waals surface area contributed by atoms with E-state index in [4.69, 9.17) is 0 Å². The second kappa shape index (κ2) is 9.96. The maximum atomic E-state index is 3.74. The van der Waals surface area contributed by atoms with Crippen LogP contribution in [0.5, 0.6) is 0 Å². The van der Waals surface area contributed by atoms with Crippen molar-refractivity contribution in [3.8, 4) is 33.4 Å². The van der Waals surface area contributed by atoms with Gasteiger partial charge in [-0.2, -0.15) is 0 Å². The number of hydrogen-bond donors (Lipinski definition) is 1. The molecule has 184 valence electrons. The average Bonchev–Trinajstić information content (AvgIpc) is 3.01. The first-order valence-corrected chi connectivity index (χ1v) is 13.4. The molecule has 7 aromatic carbocycles. The van der Waals surface area contributed by atoms with Crippen LogP contribution in [0.1, 0.15) is 0 Å². The molecule has 39 heavy (non-hydrogen) atoms. The third-order valence-electron chi connectivity index (χ3n) is 7.45. The quantitative estimate of drug-likeness (QED) is 0.249. The zero-order chi connectivity index (χ0) is 26.0. The van der Waals surface area contributed by atoms with Crippen LogP contribution < -0.4 is 5.32 Å². The lowest BCUT2D eigenvalue weighted by molar-refractivity contribution is 1.53. The van der Waals surface area contributed by atoms with Gasteiger partial charge in [0.2, 0.25) is 0 Å². The lowest BCUT2D eigenvalue weighted by Gasteiger charge is -2.17. The number of benzene rings is 7. The molecule has 7 aromatic rings. The van der Waals surface area contributed by atoms with Gasteiger partial charge in [-0.25, -0.2) is 0 Å². The van der Waals surface area contributed by atoms with Gasteiger partial charge >= 0.3 is 0 Å². The van der Waals surface area contributed by atoms with Gasteiger partial charge in [0.05, 0.1) is 0 Å². The van der Waals surface area contributed by atoms with Crippen molar-refractivity contribution in [3.63, 3.8) is 0 Å². The van der Waals surface area contributed by atoms with Crippen LogP contribution in [0.3, 0.4) is 0 Å². The molecule has 0 aliphatic heterocycles. The molecule has 0 aliphatic carbocycles. The predicted molar refractivity (Wildman–Crippen MR) is 167 cm³/mol. The van der Waals surface area contributed by atoms with Gasteiger partial charge in [0.15, 0.2) is 0 Å². The van der Waals surface area contributed by atoms with E-state index in [1.165, 1.54) is 54.9 Å². The number of fused-ring (bicyclic) bond motifs is 2. The van der Waals surface area contributed by atoms with Crippen LogP contribution in [0.15, 0.2) is 158 Å². The van der Waals surface area contributed by atoms with E-state index in [1.807, 2.05) is 0 Å². The first kappa shape index (κ1) is 23.0. The van der Waals surface area contributed by atoms with Gasteiger partial charge < -0.3 is 5.32 Å². The summed E-state index contributed by atoms with van der Waals surface area (Å²) in [5.74, 6) is 0. The predicted octanol–water partition coefficient (Wildman–Crippen LogP) is 10.7. The summed E-state index contributed by atoms with van der Waals surface area (Å²) in [4.78, 5) is 0. The zero-order valence-electron chi connectivity index (χ0n) is 21.5. The topological polar surface area (TPSA) is 12.0 Å². The van der Waals surface area contributed by atoms with E-state index in [2.05, 4.69) is 163 Å². The van der Waals surface area contributed by atoms with E-state index >= 15 is 0 Å². The van der Waals surface area contributed by atoms with Gasteiger partial charge in [-0.3, -0.25) is 0 Å². The average molecular weight is 498 g/mol. The SMILES string of the molecule is c1ccc(-c2c(-c3cccc(Nc4ccccc4-c4cccc5ccccc45)c3)ccc3ccccc23)cc1. The standard InChI is InChI=1S/C38H27N/c1-2-14-29(15-3-1)38-33-20-7-5-13-28(33)24-25-34(38)30-17-10-18-31(26-30)39-37-23-9-8-21-36(37)35-22-11-16-27-12-4-6-19-32(27)35/h1-26,39H. The Balaban J connectivity index is 1.33. The molecule has 0 unspecified atom stereocenters. The Morgan fingerprint density at radius 3 is 1.85 bits per heavy atom. The van der Waals surface area contributed by atoms with E-state index in [0.29, 0.717) is 0 Å². The van der Waals surface area contributed by atoms with Gasteiger partial charge in [0.25, 0.3) is 0 Å². The third kappa shape index (κ3) is 4.35. The normalized spacial score (nSPS) is 11.1. The summed E-state index contributed by atoms with van der Waals surface area (Å²) in [6.07, 6.45) is 0. The molecule has 0 atom stereocenters. The van der Waals surface area contributed by atoms with Crippen LogP contribution in [-0.2, 0) is 0 Å². The molecule has 0 fully saturated rings. The second-order valence-corrected chi connectivity index (χ2v) is 9.85. The molecule has 7 rings (SSSR count). The Bertz CT molecular complexity index is 1930. The van der Waals surface area contributed by atoms with E-state index in [9.17, 15) is 0 Å². The summed E-state index contributed by atoms with van der Waals surface area (Å²) in [7, 11) is 0. The summed E-state index contributed by atoms with van der Waals surface area (Å²) in [6.45, 7) is 0. The fraction of sp³-hybridized carbons (Fsp3) is 0. The van der Waals surface area contributed by atoms with Crippen LogP contribution in [-0.4, -0.2) is 0 Å². The van der Waals surface area contributed by atoms with Crippen LogP contribution in [0.2, 0.25) is 0 Å². The molecule has 0 radical (unpaired) electrons. The Morgan fingerprint density at radius 2 is 0.974 bits per heavy atom. The first-order valence-electron chi connectivity index (χ1n) is 13.4. The summed E-state index contributed by atoms with van der Waals surface area (Å²) in [6, 6.07) is 56.3. The van der Waals surface area contributed by atoms with Gasteiger partial charge in [-0.15, -0.1) is 0 Å². The van der Waals surface area contributed by atoms with Crippen molar-refractivity contribution < 1.29 is 0 Å². The maximum Gasteiger partial charge on any atom is 0.0464 e. The minimum Gasteiger partial charge on any atom is -0.355 e. The molecule has 0 aliphatic rings. The molecule has 0 heterocycles. The number of nitrogens with one attached hydrogen (secondary N) is 1. The summed E-state index contributed by atoms with van der Waals surface area (Å²) in [5.41, 5.74) is 9.48. The van der Waals surface area contributed by atoms with Crippen molar-refractivity contribution >= 4 is 32.9 Å². The van der Waals surface area contributed by atoms with Crippen molar-refractivity contribution in [1.82, 2.24) is 0 Å². The highest BCUT2D eigenvalue weighted by Gasteiger charge is 2.13. The zero-order valence-corrected chi connectivity index (χ0v) is 21.5. The molecular weight excluding hydrogens is 470 g/mol. The molecule has 0 aromatic heterocycles. The Kier molecular flexibility index (Phi) is 5.88. The second-order valence-electron chi connectivity index (χ2n) is 9.85. The molecular formula is C38H27N. The van der Waals surface area contributed by atoms with Crippen molar-refractivity contribution in [2.45, 2.75) is 0 Å².